The summed E-state index contributed by atoms with van der Waals surface area (Å²) in [4.78, 5) is 2.86. The Morgan fingerprint density at radius 2 is 2.12 bits per heavy atom. The first-order chi connectivity index (χ1) is 7.98. The molecule has 1 fully saturated rings. The lowest BCUT2D eigenvalue weighted by atomic mass is 9.77. The summed E-state index contributed by atoms with van der Waals surface area (Å²) < 4.78 is 37.9. The summed E-state index contributed by atoms with van der Waals surface area (Å²) in [5.74, 6) is -1.56. The molecule has 0 aliphatic heterocycles. The molecule has 2 rings (SSSR count). The van der Waals surface area contributed by atoms with Crippen molar-refractivity contribution < 1.29 is 18.3 Å². The van der Waals surface area contributed by atoms with Crippen LogP contribution in [-0.2, 0) is 0 Å². The average Bonchev–Trinajstić information content (AvgIpc) is 2.80. The Morgan fingerprint density at radius 1 is 1.35 bits per heavy atom. The van der Waals surface area contributed by atoms with Gasteiger partial charge in [-0.3, -0.25) is 0 Å². The van der Waals surface area contributed by atoms with Gasteiger partial charge in [-0.1, -0.05) is 6.42 Å². The molecule has 0 saturated heterocycles. The lowest BCUT2D eigenvalue weighted by Gasteiger charge is -2.32. The van der Waals surface area contributed by atoms with Crippen molar-refractivity contribution in [2.75, 3.05) is 0 Å². The van der Waals surface area contributed by atoms with E-state index in [1.807, 2.05) is 0 Å². The summed E-state index contributed by atoms with van der Waals surface area (Å²) in [6.07, 6.45) is -1.85. The maximum atomic E-state index is 12.6. The van der Waals surface area contributed by atoms with Gasteiger partial charge in [0, 0.05) is 11.9 Å². The molecule has 0 radical (unpaired) electrons. The van der Waals surface area contributed by atoms with Gasteiger partial charge in [0.05, 0.1) is 12.0 Å². The summed E-state index contributed by atoms with van der Waals surface area (Å²) in [7, 11) is 0. The fraction of sp³-hybridized carbons (Fsp3) is 0.667. The minimum Gasteiger partial charge on any atom is -0.387 e. The largest absolute Gasteiger partial charge is 0.391 e. The predicted molar refractivity (Wildman–Crippen MR) is 57.3 cm³/mol. The summed E-state index contributed by atoms with van der Waals surface area (Å²) in [5.41, 5.74) is 0.609. The van der Waals surface area contributed by atoms with E-state index in [1.165, 1.54) is 0 Å². The first-order valence-corrected chi connectivity index (χ1v) is 5.86. The van der Waals surface area contributed by atoms with Crippen LogP contribution in [0.3, 0.4) is 0 Å². The lowest BCUT2D eigenvalue weighted by molar-refractivity contribution is -0.189. The zero-order valence-electron chi connectivity index (χ0n) is 9.37. The summed E-state index contributed by atoms with van der Waals surface area (Å²) in [6.45, 7) is 0. The van der Waals surface area contributed by atoms with Crippen LogP contribution < -0.4 is 0 Å². The molecule has 0 bridgehead atoms. The van der Waals surface area contributed by atoms with Gasteiger partial charge in [0.2, 0.25) is 0 Å². The second-order valence-electron chi connectivity index (χ2n) is 4.74. The SMILES string of the molecule is OC(c1ccc[nH]1)C1CCCC(C(F)(F)F)C1. The van der Waals surface area contributed by atoms with E-state index in [2.05, 4.69) is 4.98 Å². The zero-order valence-corrected chi connectivity index (χ0v) is 9.37. The van der Waals surface area contributed by atoms with Crippen LogP contribution in [0.2, 0.25) is 0 Å². The first-order valence-electron chi connectivity index (χ1n) is 5.86. The molecule has 0 amide bonds. The van der Waals surface area contributed by atoms with Gasteiger partial charge in [0.15, 0.2) is 0 Å². The van der Waals surface area contributed by atoms with E-state index >= 15 is 0 Å². The second-order valence-corrected chi connectivity index (χ2v) is 4.74. The third-order valence-corrected chi connectivity index (χ3v) is 3.56. The Labute approximate surface area is 97.8 Å². The van der Waals surface area contributed by atoms with Gasteiger partial charge in [0.1, 0.15) is 0 Å². The van der Waals surface area contributed by atoms with Crippen LogP contribution >= 0.6 is 0 Å². The molecular formula is C12H16F3NO. The number of aliphatic hydroxyl groups is 1. The maximum absolute atomic E-state index is 12.6. The van der Waals surface area contributed by atoms with Crippen LogP contribution in [0, 0.1) is 11.8 Å². The highest BCUT2D eigenvalue weighted by atomic mass is 19.4. The number of H-pyrrole nitrogens is 1. The van der Waals surface area contributed by atoms with Crippen molar-refractivity contribution >= 4 is 0 Å². The van der Waals surface area contributed by atoms with Crippen molar-refractivity contribution in [3.05, 3.63) is 24.0 Å². The molecule has 2 N–H and O–H groups in total. The van der Waals surface area contributed by atoms with Gasteiger partial charge in [-0.2, -0.15) is 13.2 Å². The van der Waals surface area contributed by atoms with E-state index in [4.69, 9.17) is 0 Å². The molecule has 1 saturated carbocycles. The molecule has 1 heterocycles. The number of aromatic amines is 1. The minimum atomic E-state index is -4.13. The van der Waals surface area contributed by atoms with E-state index in [9.17, 15) is 18.3 Å². The molecule has 0 aromatic carbocycles. The maximum Gasteiger partial charge on any atom is 0.391 e. The molecule has 1 aromatic heterocycles. The number of hydrogen-bond donors (Lipinski definition) is 2. The van der Waals surface area contributed by atoms with E-state index in [0.717, 1.165) is 0 Å². The van der Waals surface area contributed by atoms with E-state index < -0.39 is 18.2 Å². The second kappa shape index (κ2) is 4.72. The van der Waals surface area contributed by atoms with Crippen LogP contribution in [0.15, 0.2) is 18.3 Å². The highest BCUT2D eigenvalue weighted by Crippen LogP contribution is 2.43. The number of rotatable bonds is 2. The number of hydrogen-bond acceptors (Lipinski definition) is 1. The molecule has 3 atom stereocenters. The van der Waals surface area contributed by atoms with Gasteiger partial charge < -0.3 is 10.1 Å². The molecule has 1 aliphatic rings. The van der Waals surface area contributed by atoms with Crippen molar-refractivity contribution in [1.82, 2.24) is 4.98 Å². The quantitative estimate of drug-likeness (QED) is 0.825. The molecule has 1 aromatic rings. The fourth-order valence-electron chi connectivity index (χ4n) is 2.59. The van der Waals surface area contributed by atoms with Gasteiger partial charge in [-0.05, 0) is 37.3 Å². The third-order valence-electron chi connectivity index (χ3n) is 3.56. The first kappa shape index (κ1) is 12.5. The molecule has 0 spiro atoms. The number of halogens is 3. The van der Waals surface area contributed by atoms with Crippen LogP contribution in [-0.4, -0.2) is 16.3 Å². The standard InChI is InChI=1S/C12H16F3NO/c13-12(14,15)9-4-1-3-8(7-9)11(17)10-5-2-6-16-10/h2,5-6,8-9,11,16-17H,1,3-4,7H2. The molecule has 96 valence electrons. The normalized spacial score (nSPS) is 28.0. The van der Waals surface area contributed by atoms with Gasteiger partial charge >= 0.3 is 6.18 Å². The summed E-state index contributed by atoms with van der Waals surface area (Å²) in [6, 6.07) is 3.45. The van der Waals surface area contributed by atoms with Crippen molar-refractivity contribution in [2.24, 2.45) is 11.8 Å². The van der Waals surface area contributed by atoms with Gasteiger partial charge in [0.25, 0.3) is 0 Å². The Bertz CT molecular complexity index is 347. The predicted octanol–water partition coefficient (Wildman–Crippen LogP) is 3.42. The average molecular weight is 247 g/mol. The van der Waals surface area contributed by atoms with Crippen molar-refractivity contribution in [2.45, 2.75) is 38.0 Å². The van der Waals surface area contributed by atoms with E-state index in [-0.39, 0.29) is 18.8 Å². The fourth-order valence-corrected chi connectivity index (χ4v) is 2.59. The van der Waals surface area contributed by atoms with Crippen LogP contribution in [0.5, 0.6) is 0 Å². The number of aromatic nitrogens is 1. The number of aliphatic hydroxyl groups excluding tert-OH is 1. The van der Waals surface area contributed by atoms with Crippen molar-refractivity contribution in [3.8, 4) is 0 Å². The monoisotopic (exact) mass is 247 g/mol. The highest BCUT2D eigenvalue weighted by molar-refractivity contribution is 5.08. The van der Waals surface area contributed by atoms with Crippen molar-refractivity contribution in [1.29, 1.82) is 0 Å². The van der Waals surface area contributed by atoms with Gasteiger partial charge in [-0.15, -0.1) is 0 Å². The highest BCUT2D eigenvalue weighted by Gasteiger charge is 2.43. The summed E-state index contributed by atoms with van der Waals surface area (Å²) in [5, 5.41) is 10.0. The number of nitrogens with one attached hydrogen (secondary N) is 1. The minimum absolute atomic E-state index is 0.0314. The molecule has 17 heavy (non-hydrogen) atoms. The van der Waals surface area contributed by atoms with Crippen LogP contribution in [0.4, 0.5) is 13.2 Å². The lowest BCUT2D eigenvalue weighted by Crippen LogP contribution is -2.31. The van der Waals surface area contributed by atoms with Gasteiger partial charge in [-0.25, -0.2) is 0 Å². The molecular weight excluding hydrogens is 231 g/mol. The smallest absolute Gasteiger partial charge is 0.387 e. The molecule has 3 unspecified atom stereocenters. The Hall–Kier alpha value is -0.970. The number of alkyl halides is 3. The van der Waals surface area contributed by atoms with Crippen LogP contribution in [0.25, 0.3) is 0 Å². The van der Waals surface area contributed by atoms with E-state index in [0.29, 0.717) is 18.5 Å². The zero-order chi connectivity index (χ0) is 12.5. The summed E-state index contributed by atoms with van der Waals surface area (Å²) >= 11 is 0. The Kier molecular flexibility index (Phi) is 3.47. The molecule has 2 nitrogen and oxygen atoms in total. The third kappa shape index (κ3) is 2.83. The molecule has 5 heteroatoms. The van der Waals surface area contributed by atoms with Crippen molar-refractivity contribution in [3.63, 3.8) is 0 Å². The Balaban J connectivity index is 2.02. The van der Waals surface area contributed by atoms with Crippen LogP contribution in [0.1, 0.15) is 37.5 Å². The topological polar surface area (TPSA) is 36.0 Å². The molecule has 1 aliphatic carbocycles. The van der Waals surface area contributed by atoms with E-state index in [1.54, 1.807) is 18.3 Å². The Morgan fingerprint density at radius 3 is 2.71 bits per heavy atom.